The highest BCUT2D eigenvalue weighted by Gasteiger charge is 2.09. The van der Waals surface area contributed by atoms with Crippen LogP contribution in [0.4, 0.5) is 5.69 Å². The van der Waals surface area contributed by atoms with Gasteiger partial charge in [-0.2, -0.15) is 0 Å². The van der Waals surface area contributed by atoms with Crippen LogP contribution in [-0.4, -0.2) is 10.8 Å². The average Bonchev–Trinajstić information content (AvgIpc) is 2.32. The first-order valence-electron chi connectivity index (χ1n) is 5.24. The summed E-state index contributed by atoms with van der Waals surface area (Å²) in [5.74, 6) is -0.0155. The second kappa shape index (κ2) is 5.50. The molecule has 2 N–H and O–H groups in total. The monoisotopic (exact) mass is 324 g/mol. The Hall–Kier alpha value is -1.39. The first-order valence-corrected chi connectivity index (χ1v) is 6.41. The summed E-state index contributed by atoms with van der Waals surface area (Å²) in [5, 5.41) is 0.454. The number of nitrogens with zero attached hydrogens (tertiary/aromatic N) is 1. The van der Waals surface area contributed by atoms with Crippen LogP contribution in [-0.2, 0) is 6.42 Å². The summed E-state index contributed by atoms with van der Waals surface area (Å²) in [6, 6.07) is 6.76. The van der Waals surface area contributed by atoms with Crippen molar-refractivity contribution in [2.75, 3.05) is 5.73 Å². The lowest BCUT2D eigenvalue weighted by molar-refractivity contribution is 0.0993. The molecule has 1 aromatic carbocycles. The van der Waals surface area contributed by atoms with E-state index in [2.05, 4.69) is 20.9 Å². The summed E-state index contributed by atoms with van der Waals surface area (Å²) in [7, 11) is 0. The molecule has 5 heteroatoms. The zero-order valence-corrected chi connectivity index (χ0v) is 11.7. The van der Waals surface area contributed by atoms with E-state index in [0.717, 1.165) is 10.0 Å². The third-order valence-electron chi connectivity index (χ3n) is 2.44. The van der Waals surface area contributed by atoms with Gasteiger partial charge in [-0.3, -0.25) is 9.78 Å². The molecule has 0 saturated heterocycles. The van der Waals surface area contributed by atoms with Gasteiger partial charge < -0.3 is 5.73 Å². The van der Waals surface area contributed by atoms with Crippen molar-refractivity contribution >= 4 is 39.0 Å². The maximum Gasteiger partial charge on any atom is 0.167 e. The molecule has 0 radical (unpaired) electrons. The molecule has 0 atom stereocenters. The van der Waals surface area contributed by atoms with Crippen molar-refractivity contribution in [3.63, 3.8) is 0 Å². The lowest BCUT2D eigenvalue weighted by atomic mass is 10.0. The lowest BCUT2D eigenvalue weighted by Crippen LogP contribution is -2.04. The van der Waals surface area contributed by atoms with Crippen LogP contribution in [0.15, 0.2) is 41.1 Å². The van der Waals surface area contributed by atoms with Gasteiger partial charge in [0.25, 0.3) is 0 Å². The number of hydrogen-bond donors (Lipinski definition) is 1. The molecule has 0 unspecified atom stereocenters. The van der Waals surface area contributed by atoms with Gasteiger partial charge >= 0.3 is 0 Å². The van der Waals surface area contributed by atoms with E-state index in [1.807, 2.05) is 6.07 Å². The Morgan fingerprint density at radius 1 is 1.33 bits per heavy atom. The highest BCUT2D eigenvalue weighted by Crippen LogP contribution is 2.20. The highest BCUT2D eigenvalue weighted by atomic mass is 79.9. The molecule has 1 heterocycles. The predicted molar refractivity (Wildman–Crippen MR) is 75.8 cm³/mol. The zero-order valence-electron chi connectivity index (χ0n) is 9.36. The number of nitrogen functional groups attached to an aromatic ring is 1. The van der Waals surface area contributed by atoms with Gasteiger partial charge in [-0.15, -0.1) is 0 Å². The summed E-state index contributed by atoms with van der Waals surface area (Å²) < 4.78 is 0.850. The quantitative estimate of drug-likeness (QED) is 0.694. The van der Waals surface area contributed by atoms with E-state index in [9.17, 15) is 4.79 Å². The number of halogens is 2. The van der Waals surface area contributed by atoms with Crippen molar-refractivity contribution in [1.29, 1.82) is 0 Å². The number of Topliss-reactive ketones (excluding diaryl/α,β-unsaturated/α-hetero) is 1. The average molecular weight is 326 g/mol. The van der Waals surface area contributed by atoms with Crippen molar-refractivity contribution in [1.82, 2.24) is 4.98 Å². The molecular formula is C13H10BrClN2O. The number of nitrogens with two attached hydrogens (primary N) is 1. The van der Waals surface area contributed by atoms with Gasteiger partial charge in [0.05, 0.1) is 10.7 Å². The van der Waals surface area contributed by atoms with E-state index in [-0.39, 0.29) is 12.2 Å². The van der Waals surface area contributed by atoms with Crippen LogP contribution in [0.1, 0.15) is 15.9 Å². The minimum Gasteiger partial charge on any atom is -0.398 e. The maximum absolute atomic E-state index is 12.0. The second-order valence-corrected chi connectivity index (χ2v) is 5.17. The van der Waals surface area contributed by atoms with Crippen LogP contribution in [0.5, 0.6) is 0 Å². The van der Waals surface area contributed by atoms with Gasteiger partial charge in [0.15, 0.2) is 5.78 Å². The fourth-order valence-corrected chi connectivity index (χ4v) is 2.09. The molecule has 0 fully saturated rings. The summed E-state index contributed by atoms with van der Waals surface area (Å²) in [6.07, 6.45) is 3.63. The lowest BCUT2D eigenvalue weighted by Gasteiger charge is -2.04. The van der Waals surface area contributed by atoms with Crippen LogP contribution in [0.25, 0.3) is 0 Å². The first kappa shape index (κ1) is 13.1. The number of rotatable bonds is 3. The number of carbonyl (C=O) groups excluding carboxylic acids is 1. The Morgan fingerprint density at radius 3 is 2.78 bits per heavy atom. The SMILES string of the molecule is Nc1cc(C(=O)Cc2cncc(Br)c2)ccc1Cl. The molecule has 0 aliphatic rings. The third kappa shape index (κ3) is 3.09. The number of pyridine rings is 1. The molecule has 0 spiro atoms. The van der Waals surface area contributed by atoms with Crippen LogP contribution < -0.4 is 5.73 Å². The Labute approximate surface area is 118 Å². The molecule has 92 valence electrons. The zero-order chi connectivity index (χ0) is 13.1. The summed E-state index contributed by atoms with van der Waals surface area (Å²) in [4.78, 5) is 16.1. The molecule has 0 aliphatic heterocycles. The van der Waals surface area contributed by atoms with Gasteiger partial charge in [-0.25, -0.2) is 0 Å². The number of hydrogen-bond acceptors (Lipinski definition) is 3. The molecule has 2 aromatic rings. The van der Waals surface area contributed by atoms with E-state index in [4.69, 9.17) is 17.3 Å². The molecular weight excluding hydrogens is 316 g/mol. The summed E-state index contributed by atoms with van der Waals surface area (Å²) in [5.41, 5.74) is 7.49. The van der Waals surface area contributed by atoms with Crippen molar-refractivity contribution < 1.29 is 4.79 Å². The number of aromatic nitrogens is 1. The molecule has 0 aliphatic carbocycles. The predicted octanol–water partition coefficient (Wildman–Crippen LogP) is 3.51. The Bertz CT molecular complexity index is 601. The topological polar surface area (TPSA) is 56.0 Å². The summed E-state index contributed by atoms with van der Waals surface area (Å²) in [6.45, 7) is 0. The van der Waals surface area contributed by atoms with Gasteiger partial charge in [0.2, 0.25) is 0 Å². The van der Waals surface area contributed by atoms with E-state index in [1.54, 1.807) is 30.6 Å². The Morgan fingerprint density at radius 2 is 2.11 bits per heavy atom. The largest absolute Gasteiger partial charge is 0.398 e. The molecule has 18 heavy (non-hydrogen) atoms. The molecule has 2 rings (SSSR count). The molecule has 0 bridgehead atoms. The molecule has 1 aromatic heterocycles. The van der Waals surface area contributed by atoms with E-state index in [1.165, 1.54) is 0 Å². The minimum absolute atomic E-state index is 0.0155. The van der Waals surface area contributed by atoms with Crippen LogP contribution in [0.3, 0.4) is 0 Å². The highest BCUT2D eigenvalue weighted by molar-refractivity contribution is 9.10. The van der Waals surface area contributed by atoms with E-state index >= 15 is 0 Å². The molecule has 0 amide bonds. The number of carbonyl (C=O) groups is 1. The van der Waals surface area contributed by atoms with Crippen molar-refractivity contribution in [3.05, 3.63) is 57.3 Å². The fraction of sp³-hybridized carbons (Fsp3) is 0.0769. The number of ketones is 1. The number of benzene rings is 1. The van der Waals surface area contributed by atoms with Gasteiger partial charge in [0.1, 0.15) is 0 Å². The maximum atomic E-state index is 12.0. The molecule has 0 saturated carbocycles. The van der Waals surface area contributed by atoms with Crippen LogP contribution >= 0.6 is 27.5 Å². The minimum atomic E-state index is -0.0155. The van der Waals surface area contributed by atoms with Crippen LogP contribution in [0.2, 0.25) is 5.02 Å². The second-order valence-electron chi connectivity index (χ2n) is 3.85. The van der Waals surface area contributed by atoms with Gasteiger partial charge in [-0.1, -0.05) is 11.6 Å². The normalized spacial score (nSPS) is 10.3. The standard InChI is InChI=1S/C13H10BrClN2O/c14-10-3-8(6-17-7-10)4-13(18)9-1-2-11(15)12(16)5-9/h1-3,5-7H,4,16H2. The fourth-order valence-electron chi connectivity index (χ4n) is 1.56. The number of anilines is 1. The van der Waals surface area contributed by atoms with E-state index < -0.39 is 0 Å². The Balaban J connectivity index is 2.19. The van der Waals surface area contributed by atoms with Gasteiger partial charge in [0, 0.05) is 28.9 Å². The third-order valence-corrected chi connectivity index (χ3v) is 3.22. The Kier molecular flexibility index (Phi) is 3.99. The summed E-state index contributed by atoms with van der Waals surface area (Å²) >= 11 is 9.13. The van der Waals surface area contributed by atoms with Crippen molar-refractivity contribution in [3.8, 4) is 0 Å². The van der Waals surface area contributed by atoms with Crippen LogP contribution in [0, 0.1) is 0 Å². The van der Waals surface area contributed by atoms with Crippen molar-refractivity contribution in [2.45, 2.75) is 6.42 Å². The van der Waals surface area contributed by atoms with Gasteiger partial charge in [-0.05, 0) is 45.8 Å². The first-order chi connectivity index (χ1) is 8.56. The van der Waals surface area contributed by atoms with Crippen molar-refractivity contribution in [2.24, 2.45) is 0 Å². The smallest absolute Gasteiger partial charge is 0.167 e. The molecule has 3 nitrogen and oxygen atoms in total. The van der Waals surface area contributed by atoms with E-state index in [0.29, 0.717) is 16.3 Å².